The molecule has 0 spiro atoms. The molecule has 2 atom stereocenters. The average molecular weight is 178 g/mol. The van der Waals surface area contributed by atoms with Crippen molar-refractivity contribution in [3.63, 3.8) is 0 Å². The first kappa shape index (κ1) is 10.2. The number of ketones is 1. The molecule has 0 heterocycles. The van der Waals surface area contributed by atoms with E-state index in [0.717, 1.165) is 11.1 Å². The van der Waals surface area contributed by atoms with E-state index in [-0.39, 0.29) is 0 Å². The summed E-state index contributed by atoms with van der Waals surface area (Å²) in [5.41, 5.74) is 3.34. The summed E-state index contributed by atoms with van der Waals surface area (Å²) >= 11 is 0. The van der Waals surface area contributed by atoms with Crippen LogP contribution in [0, 0.1) is 11.8 Å². The third kappa shape index (κ3) is 1.74. The fourth-order valence-corrected chi connectivity index (χ4v) is 1.99. The highest BCUT2D eigenvalue weighted by Crippen LogP contribution is 2.35. The number of carbonyl (C=O) groups is 1. The van der Waals surface area contributed by atoms with Gasteiger partial charge in [-0.05, 0) is 38.2 Å². The summed E-state index contributed by atoms with van der Waals surface area (Å²) in [7, 11) is 0. The van der Waals surface area contributed by atoms with Crippen LogP contribution >= 0.6 is 0 Å². The second kappa shape index (κ2) is 3.49. The van der Waals surface area contributed by atoms with E-state index in [1.165, 1.54) is 5.57 Å². The molecular formula is C12H18O. The Balaban J connectivity index is 3.02. The van der Waals surface area contributed by atoms with Crippen LogP contribution in [0.25, 0.3) is 0 Å². The smallest absolute Gasteiger partial charge is 0.159 e. The first-order valence-electron chi connectivity index (χ1n) is 4.81. The van der Waals surface area contributed by atoms with Gasteiger partial charge in [-0.2, -0.15) is 0 Å². The molecule has 72 valence electrons. The predicted molar refractivity (Wildman–Crippen MR) is 55.5 cm³/mol. The van der Waals surface area contributed by atoms with Gasteiger partial charge in [-0.3, -0.25) is 4.79 Å². The summed E-state index contributed by atoms with van der Waals surface area (Å²) in [6, 6.07) is 0. The molecule has 2 unspecified atom stereocenters. The maximum absolute atomic E-state index is 11.6. The van der Waals surface area contributed by atoms with Gasteiger partial charge in [0.15, 0.2) is 5.78 Å². The summed E-state index contributed by atoms with van der Waals surface area (Å²) in [4.78, 5) is 11.6. The molecule has 0 aromatic rings. The second-order valence-corrected chi connectivity index (χ2v) is 4.18. The molecule has 0 aromatic heterocycles. The van der Waals surface area contributed by atoms with Crippen LogP contribution in [0.3, 0.4) is 0 Å². The Morgan fingerprint density at radius 3 is 2.46 bits per heavy atom. The molecule has 0 aliphatic heterocycles. The quantitative estimate of drug-likeness (QED) is 0.564. The molecule has 0 aromatic carbocycles. The van der Waals surface area contributed by atoms with E-state index < -0.39 is 0 Å². The van der Waals surface area contributed by atoms with Gasteiger partial charge in [-0.15, -0.1) is 0 Å². The van der Waals surface area contributed by atoms with E-state index in [4.69, 9.17) is 0 Å². The van der Waals surface area contributed by atoms with Crippen molar-refractivity contribution in [2.24, 2.45) is 11.8 Å². The highest BCUT2D eigenvalue weighted by Gasteiger charge is 2.29. The predicted octanol–water partition coefficient (Wildman–Crippen LogP) is 3.12. The topological polar surface area (TPSA) is 17.1 Å². The van der Waals surface area contributed by atoms with Crippen LogP contribution in [0.15, 0.2) is 23.3 Å². The molecule has 0 radical (unpaired) electrons. The van der Waals surface area contributed by atoms with Crippen molar-refractivity contribution in [1.82, 2.24) is 0 Å². The van der Waals surface area contributed by atoms with Crippen LogP contribution in [-0.4, -0.2) is 5.78 Å². The van der Waals surface area contributed by atoms with Crippen LogP contribution < -0.4 is 0 Å². The fraction of sp³-hybridized carbons (Fsp3) is 0.583. The Hall–Kier alpha value is -0.850. The van der Waals surface area contributed by atoms with Crippen molar-refractivity contribution in [2.45, 2.75) is 34.1 Å². The lowest BCUT2D eigenvalue weighted by Gasteiger charge is -2.30. The van der Waals surface area contributed by atoms with Crippen LogP contribution in [0.5, 0.6) is 0 Å². The number of carbonyl (C=O) groups excluding carboxylic acids is 1. The molecule has 1 nitrogen and oxygen atoms in total. The van der Waals surface area contributed by atoms with Gasteiger partial charge in [0.05, 0.1) is 0 Å². The van der Waals surface area contributed by atoms with Crippen molar-refractivity contribution < 1.29 is 4.79 Å². The maximum atomic E-state index is 11.6. The number of allylic oxidation sites excluding steroid dienone is 3. The molecule has 1 aliphatic rings. The summed E-state index contributed by atoms with van der Waals surface area (Å²) in [5, 5.41) is 0. The molecule has 0 saturated carbocycles. The van der Waals surface area contributed by atoms with Crippen molar-refractivity contribution in [1.29, 1.82) is 0 Å². The first-order chi connectivity index (χ1) is 5.95. The molecule has 1 rings (SSSR count). The SMILES string of the molecule is C=C(C)C1CC(=O)C(C)=C(C)C1C. The third-order valence-electron chi connectivity index (χ3n) is 3.33. The van der Waals surface area contributed by atoms with Gasteiger partial charge < -0.3 is 0 Å². The molecule has 1 heteroatoms. The van der Waals surface area contributed by atoms with Gasteiger partial charge in [0.1, 0.15) is 0 Å². The molecule has 1 aliphatic carbocycles. The van der Waals surface area contributed by atoms with E-state index in [0.29, 0.717) is 24.0 Å². The highest BCUT2D eigenvalue weighted by molar-refractivity contribution is 5.96. The van der Waals surface area contributed by atoms with Gasteiger partial charge >= 0.3 is 0 Å². The minimum absolute atomic E-state index is 0.295. The zero-order valence-electron chi connectivity index (χ0n) is 8.98. The Morgan fingerprint density at radius 1 is 1.46 bits per heavy atom. The minimum Gasteiger partial charge on any atom is -0.295 e. The van der Waals surface area contributed by atoms with Gasteiger partial charge in [0.2, 0.25) is 0 Å². The highest BCUT2D eigenvalue weighted by atomic mass is 16.1. The summed E-state index contributed by atoms with van der Waals surface area (Å²) in [5.74, 6) is 1.13. The average Bonchev–Trinajstić information content (AvgIpc) is 2.07. The van der Waals surface area contributed by atoms with Crippen molar-refractivity contribution in [2.75, 3.05) is 0 Å². The van der Waals surface area contributed by atoms with Crippen molar-refractivity contribution in [3.8, 4) is 0 Å². The Kier molecular flexibility index (Phi) is 2.74. The van der Waals surface area contributed by atoms with Crippen LogP contribution in [0.4, 0.5) is 0 Å². The van der Waals surface area contributed by atoms with Crippen LogP contribution in [0.1, 0.15) is 34.1 Å². The summed E-state index contributed by atoms with van der Waals surface area (Å²) in [6.07, 6.45) is 0.652. The first-order valence-corrected chi connectivity index (χ1v) is 4.81. The summed E-state index contributed by atoms with van der Waals surface area (Å²) < 4.78 is 0. The lowest BCUT2D eigenvalue weighted by Crippen LogP contribution is -2.25. The standard InChI is InChI=1S/C12H18O/c1-7(2)11-6-12(13)10(5)8(3)9(11)4/h9,11H,1,6H2,2-5H3. The molecule has 0 fully saturated rings. The molecular weight excluding hydrogens is 160 g/mol. The monoisotopic (exact) mass is 178 g/mol. The van der Waals surface area contributed by atoms with E-state index in [1.54, 1.807) is 0 Å². The lowest BCUT2D eigenvalue weighted by atomic mass is 9.73. The Morgan fingerprint density at radius 2 is 2.00 bits per heavy atom. The van der Waals surface area contributed by atoms with Gasteiger partial charge in [-0.1, -0.05) is 24.6 Å². The minimum atomic E-state index is 0.295. The fourth-order valence-electron chi connectivity index (χ4n) is 1.99. The normalized spacial score (nSPS) is 29.4. The second-order valence-electron chi connectivity index (χ2n) is 4.18. The lowest BCUT2D eigenvalue weighted by molar-refractivity contribution is -0.117. The van der Waals surface area contributed by atoms with E-state index >= 15 is 0 Å². The Labute approximate surface area is 80.5 Å². The molecule has 0 N–H and O–H groups in total. The zero-order valence-corrected chi connectivity index (χ0v) is 8.98. The van der Waals surface area contributed by atoms with E-state index in [9.17, 15) is 4.79 Å². The van der Waals surface area contributed by atoms with E-state index in [2.05, 4.69) is 20.4 Å². The molecule has 0 amide bonds. The maximum Gasteiger partial charge on any atom is 0.159 e. The number of Topliss-reactive ketones (excluding diaryl/α,β-unsaturated/α-hetero) is 1. The van der Waals surface area contributed by atoms with E-state index in [1.807, 2.05) is 13.8 Å². The van der Waals surface area contributed by atoms with Gasteiger partial charge in [0, 0.05) is 6.42 Å². The molecule has 0 saturated heterocycles. The third-order valence-corrected chi connectivity index (χ3v) is 3.33. The van der Waals surface area contributed by atoms with Crippen molar-refractivity contribution >= 4 is 5.78 Å². The zero-order chi connectivity index (χ0) is 10.2. The molecule has 0 bridgehead atoms. The largest absolute Gasteiger partial charge is 0.295 e. The van der Waals surface area contributed by atoms with Crippen LogP contribution in [-0.2, 0) is 4.79 Å². The Bertz CT molecular complexity index is 283. The number of rotatable bonds is 1. The number of hydrogen-bond acceptors (Lipinski definition) is 1. The number of hydrogen-bond donors (Lipinski definition) is 0. The van der Waals surface area contributed by atoms with Crippen LogP contribution in [0.2, 0.25) is 0 Å². The molecule has 13 heavy (non-hydrogen) atoms. The van der Waals surface area contributed by atoms with Gasteiger partial charge in [-0.25, -0.2) is 0 Å². The van der Waals surface area contributed by atoms with Gasteiger partial charge in [0.25, 0.3) is 0 Å². The summed E-state index contributed by atoms with van der Waals surface area (Å²) in [6.45, 7) is 12.1. The van der Waals surface area contributed by atoms with Crippen molar-refractivity contribution in [3.05, 3.63) is 23.3 Å².